The molecule has 2 bridgehead atoms. The first kappa shape index (κ1) is 36.8. The summed E-state index contributed by atoms with van der Waals surface area (Å²) in [6.07, 6.45) is 1.72. The Bertz CT molecular complexity index is 1650. The average Bonchev–Trinajstić information content (AvgIpc) is 3.27. The Hall–Kier alpha value is -3.55. The molecule has 3 atom stereocenters. The van der Waals surface area contributed by atoms with Crippen molar-refractivity contribution in [3.63, 3.8) is 0 Å². The maximum atomic E-state index is 14.2. The Morgan fingerprint density at radius 2 is 1.58 bits per heavy atom. The normalized spacial score (nSPS) is 25.4. The number of nitrogens with one attached hydrogen (secondary N) is 1. The lowest BCUT2D eigenvalue weighted by Gasteiger charge is -2.45. The lowest BCUT2D eigenvalue weighted by molar-refractivity contribution is -0.143. The fourth-order valence-electron chi connectivity index (χ4n) is 9.31. The van der Waals surface area contributed by atoms with Crippen LogP contribution in [0.5, 0.6) is 0 Å². The van der Waals surface area contributed by atoms with E-state index < -0.39 is 23.3 Å². The monoisotopic (exact) mass is 743 g/mol. The first-order valence-electron chi connectivity index (χ1n) is 18.7. The standard InChI is InChI=1S/C38H49ClF3N7O3/c1-45-28-6-7-29(45)23-30(22-28)46-14-16-48(17-15-46)36(51)26(18-24-19-31(38(40,41)42)35(43)32(39)20-24)21-34(50)47-11-9-27(10-12-47)49-13-8-25-4-2-3-5-33(25)44-37(49)52/h2-5,19-20,26-30H,6-18,21-23,43H2,1H3,(H,44,52)/t26-,28?,29?,30?/m0/s1. The fourth-order valence-corrected chi connectivity index (χ4v) is 9.55. The molecule has 5 aliphatic rings. The molecule has 52 heavy (non-hydrogen) atoms. The molecule has 0 aliphatic carbocycles. The van der Waals surface area contributed by atoms with Gasteiger partial charge in [-0.1, -0.05) is 29.8 Å². The number of hydrogen-bond donors (Lipinski definition) is 2. The van der Waals surface area contributed by atoms with Crippen LogP contribution in [0.4, 0.5) is 29.3 Å². The number of alkyl halides is 3. The number of piperazine rings is 1. The Morgan fingerprint density at radius 3 is 2.25 bits per heavy atom. The second-order valence-electron chi connectivity index (χ2n) is 15.3. The van der Waals surface area contributed by atoms with Gasteiger partial charge in [0.25, 0.3) is 0 Å². The minimum atomic E-state index is -4.72. The lowest BCUT2D eigenvalue weighted by Crippen LogP contribution is -2.56. The summed E-state index contributed by atoms with van der Waals surface area (Å²) in [4.78, 5) is 51.6. The zero-order chi connectivity index (χ0) is 36.7. The van der Waals surface area contributed by atoms with E-state index in [0.29, 0.717) is 63.7 Å². The van der Waals surface area contributed by atoms with Gasteiger partial charge in [-0.2, -0.15) is 13.2 Å². The lowest BCUT2D eigenvalue weighted by atomic mass is 9.91. The number of rotatable bonds is 7. The Balaban J connectivity index is 1.01. The van der Waals surface area contributed by atoms with E-state index in [4.69, 9.17) is 17.3 Å². The molecule has 0 radical (unpaired) electrons. The van der Waals surface area contributed by atoms with Crippen molar-refractivity contribution in [2.75, 3.05) is 63.9 Å². The number of amides is 4. The number of para-hydroxylation sites is 1. The molecule has 2 aromatic rings. The van der Waals surface area contributed by atoms with Gasteiger partial charge in [0, 0.05) is 82.1 Å². The maximum Gasteiger partial charge on any atom is 0.418 e. The van der Waals surface area contributed by atoms with E-state index in [2.05, 4.69) is 22.2 Å². The van der Waals surface area contributed by atoms with Crippen molar-refractivity contribution in [3.8, 4) is 0 Å². The summed E-state index contributed by atoms with van der Waals surface area (Å²) in [5, 5.41) is 2.79. The summed E-state index contributed by atoms with van der Waals surface area (Å²) in [6, 6.07) is 11.6. The molecule has 4 saturated heterocycles. The van der Waals surface area contributed by atoms with E-state index >= 15 is 0 Å². The number of carbonyl (C=O) groups is 3. The van der Waals surface area contributed by atoms with Gasteiger partial charge in [-0.25, -0.2) is 4.79 Å². The van der Waals surface area contributed by atoms with Crippen LogP contribution in [0.2, 0.25) is 5.02 Å². The summed E-state index contributed by atoms with van der Waals surface area (Å²) >= 11 is 6.18. The Morgan fingerprint density at radius 1 is 0.904 bits per heavy atom. The van der Waals surface area contributed by atoms with Gasteiger partial charge in [0.2, 0.25) is 11.8 Å². The predicted molar refractivity (Wildman–Crippen MR) is 194 cm³/mol. The van der Waals surface area contributed by atoms with E-state index in [1.807, 2.05) is 29.2 Å². The fraction of sp³-hybridized carbons (Fsp3) is 0.605. The molecular formula is C38H49ClF3N7O3. The van der Waals surface area contributed by atoms with Gasteiger partial charge in [-0.15, -0.1) is 0 Å². The number of anilines is 2. The molecule has 282 valence electrons. The average molecular weight is 744 g/mol. The van der Waals surface area contributed by atoms with Gasteiger partial charge in [0.15, 0.2) is 0 Å². The number of benzene rings is 2. The molecule has 5 aliphatic heterocycles. The van der Waals surface area contributed by atoms with Crippen LogP contribution in [0.1, 0.15) is 61.6 Å². The highest BCUT2D eigenvalue weighted by Gasteiger charge is 2.42. The quantitative estimate of drug-likeness (QED) is 0.372. The highest BCUT2D eigenvalue weighted by Crippen LogP contribution is 2.39. The maximum absolute atomic E-state index is 14.2. The molecule has 2 unspecified atom stereocenters. The van der Waals surface area contributed by atoms with Crippen LogP contribution in [-0.2, 0) is 28.6 Å². The third-order valence-electron chi connectivity index (χ3n) is 12.4. The van der Waals surface area contributed by atoms with Crippen molar-refractivity contribution in [2.24, 2.45) is 5.92 Å². The predicted octanol–water partition coefficient (Wildman–Crippen LogP) is 5.34. The van der Waals surface area contributed by atoms with Gasteiger partial charge >= 0.3 is 12.2 Å². The van der Waals surface area contributed by atoms with Gasteiger partial charge < -0.3 is 30.7 Å². The SMILES string of the molecule is CN1C2CCC1CC(N1CCN(C(=O)[C@H](CC(=O)N3CCC(N4CCc5ccccc5NC4=O)CC3)Cc3cc(Cl)c(N)c(C(F)(F)F)c3)CC1)C2. The van der Waals surface area contributed by atoms with Gasteiger partial charge in [-0.3, -0.25) is 14.5 Å². The highest BCUT2D eigenvalue weighted by atomic mass is 35.5. The second kappa shape index (κ2) is 15.1. The third-order valence-corrected chi connectivity index (χ3v) is 12.7. The molecule has 3 N–H and O–H groups in total. The largest absolute Gasteiger partial charge is 0.418 e. The number of hydrogen-bond acceptors (Lipinski definition) is 6. The number of nitrogens with two attached hydrogens (primary N) is 1. The Labute approximate surface area is 308 Å². The summed E-state index contributed by atoms with van der Waals surface area (Å²) in [5.74, 6) is -1.32. The van der Waals surface area contributed by atoms with Gasteiger partial charge in [0.05, 0.1) is 22.2 Å². The number of carbonyl (C=O) groups excluding carboxylic acids is 3. The zero-order valence-corrected chi connectivity index (χ0v) is 30.5. The van der Waals surface area contributed by atoms with Crippen LogP contribution in [0.15, 0.2) is 36.4 Å². The smallest absolute Gasteiger partial charge is 0.397 e. The van der Waals surface area contributed by atoms with Crippen LogP contribution in [0, 0.1) is 5.92 Å². The zero-order valence-electron chi connectivity index (χ0n) is 29.7. The number of piperidine rings is 2. The molecule has 4 amide bonds. The number of likely N-dealkylation sites (tertiary alicyclic amines) is 1. The summed E-state index contributed by atoms with van der Waals surface area (Å²) in [7, 11) is 2.22. The van der Waals surface area contributed by atoms with Crippen molar-refractivity contribution in [1.82, 2.24) is 24.5 Å². The van der Waals surface area contributed by atoms with Crippen LogP contribution in [0.3, 0.4) is 0 Å². The molecular weight excluding hydrogens is 695 g/mol. The van der Waals surface area contributed by atoms with E-state index in [9.17, 15) is 27.6 Å². The molecule has 10 nitrogen and oxygen atoms in total. The molecule has 0 spiro atoms. The molecule has 7 rings (SSSR count). The summed E-state index contributed by atoms with van der Waals surface area (Å²) < 4.78 is 41.7. The minimum Gasteiger partial charge on any atom is -0.397 e. The van der Waals surface area contributed by atoms with Crippen LogP contribution >= 0.6 is 11.6 Å². The van der Waals surface area contributed by atoms with E-state index in [1.165, 1.54) is 18.9 Å². The molecule has 4 fully saturated rings. The number of halogens is 4. The summed E-state index contributed by atoms with van der Waals surface area (Å²) in [6.45, 7) is 3.90. The van der Waals surface area contributed by atoms with Crippen LogP contribution < -0.4 is 11.1 Å². The van der Waals surface area contributed by atoms with Crippen molar-refractivity contribution < 1.29 is 27.6 Å². The number of fused-ring (bicyclic) bond motifs is 3. The Kier molecular flexibility index (Phi) is 10.7. The van der Waals surface area contributed by atoms with Crippen molar-refractivity contribution in [2.45, 2.75) is 88.1 Å². The topological polar surface area (TPSA) is 105 Å². The van der Waals surface area contributed by atoms with E-state index in [0.717, 1.165) is 49.7 Å². The van der Waals surface area contributed by atoms with Gasteiger partial charge in [-0.05, 0) is 87.7 Å². The van der Waals surface area contributed by atoms with Crippen LogP contribution in [-0.4, -0.2) is 119 Å². The minimum absolute atomic E-state index is 0.0375. The molecule has 0 aromatic heterocycles. The van der Waals surface area contributed by atoms with Crippen LogP contribution in [0.25, 0.3) is 0 Å². The molecule has 14 heteroatoms. The highest BCUT2D eigenvalue weighted by molar-refractivity contribution is 6.33. The third kappa shape index (κ3) is 7.72. The van der Waals surface area contributed by atoms with Crippen molar-refractivity contribution in [3.05, 3.63) is 58.1 Å². The first-order valence-corrected chi connectivity index (χ1v) is 19.1. The number of urea groups is 1. The van der Waals surface area contributed by atoms with Gasteiger partial charge in [0.1, 0.15) is 0 Å². The van der Waals surface area contributed by atoms with Crippen molar-refractivity contribution in [1.29, 1.82) is 0 Å². The second-order valence-corrected chi connectivity index (χ2v) is 15.7. The first-order chi connectivity index (χ1) is 24.9. The number of nitrogens with zero attached hydrogens (tertiary/aromatic N) is 5. The summed E-state index contributed by atoms with van der Waals surface area (Å²) in [5.41, 5.74) is 6.22. The molecule has 0 saturated carbocycles. The molecule has 2 aromatic carbocycles. The number of nitrogen functional groups attached to an aromatic ring is 1. The van der Waals surface area contributed by atoms with E-state index in [-0.39, 0.29) is 47.3 Å². The molecule has 5 heterocycles. The van der Waals surface area contributed by atoms with Crippen molar-refractivity contribution >= 4 is 40.8 Å². The van der Waals surface area contributed by atoms with E-state index in [1.54, 1.807) is 9.80 Å².